The third-order valence-corrected chi connectivity index (χ3v) is 4.55. The Morgan fingerprint density at radius 1 is 1.25 bits per heavy atom. The molecule has 1 aromatic heterocycles. The maximum atomic E-state index is 4.50. The molecule has 106 valence electrons. The molecule has 1 saturated carbocycles. The molecule has 0 saturated heterocycles. The average molecular weight is 268 g/mol. The molecule has 0 aliphatic heterocycles. The van der Waals surface area contributed by atoms with Gasteiger partial charge >= 0.3 is 0 Å². The Bertz CT molecular complexity index is 564. The summed E-state index contributed by atoms with van der Waals surface area (Å²) in [5, 5.41) is 4.84. The highest BCUT2D eigenvalue weighted by Crippen LogP contribution is 2.39. The fourth-order valence-electron chi connectivity index (χ4n) is 3.50. The number of hydrogen-bond donors (Lipinski definition) is 1. The number of nitrogens with one attached hydrogen (secondary N) is 1. The summed E-state index contributed by atoms with van der Waals surface area (Å²) in [7, 11) is 0. The highest BCUT2D eigenvalue weighted by Gasteiger charge is 2.28. The Morgan fingerprint density at radius 2 is 2.20 bits per heavy atom. The van der Waals surface area contributed by atoms with E-state index in [0.717, 1.165) is 18.0 Å². The van der Waals surface area contributed by atoms with E-state index < -0.39 is 0 Å². The summed E-state index contributed by atoms with van der Waals surface area (Å²) in [6.45, 7) is 4.54. The maximum absolute atomic E-state index is 4.50. The van der Waals surface area contributed by atoms with E-state index in [0.29, 0.717) is 5.92 Å². The van der Waals surface area contributed by atoms with Crippen molar-refractivity contribution in [2.45, 2.75) is 38.5 Å². The fraction of sp³-hybridized carbons (Fsp3) is 0.500. The van der Waals surface area contributed by atoms with Crippen molar-refractivity contribution in [1.82, 2.24) is 10.3 Å². The van der Waals surface area contributed by atoms with E-state index in [9.17, 15) is 0 Å². The lowest BCUT2D eigenvalue weighted by Crippen LogP contribution is -2.25. The van der Waals surface area contributed by atoms with E-state index in [2.05, 4.69) is 41.5 Å². The summed E-state index contributed by atoms with van der Waals surface area (Å²) < 4.78 is 0. The van der Waals surface area contributed by atoms with Crippen LogP contribution in [-0.4, -0.2) is 18.1 Å². The van der Waals surface area contributed by atoms with Gasteiger partial charge in [-0.1, -0.05) is 31.5 Å². The summed E-state index contributed by atoms with van der Waals surface area (Å²) in [6, 6.07) is 11.0. The number of aromatic nitrogens is 1. The largest absolute Gasteiger partial charge is 0.316 e. The molecule has 0 bridgehead atoms. The smallest absolute Gasteiger partial charge is 0.0704 e. The SMILES string of the molecule is CCCNCC1CCCC1c1ccc2cccnc2c1. The van der Waals surface area contributed by atoms with Crippen LogP contribution < -0.4 is 5.32 Å². The minimum absolute atomic E-state index is 0.714. The molecule has 2 aromatic rings. The van der Waals surface area contributed by atoms with E-state index in [1.54, 1.807) is 0 Å². The van der Waals surface area contributed by atoms with Crippen molar-refractivity contribution in [1.29, 1.82) is 0 Å². The van der Waals surface area contributed by atoms with Gasteiger partial charge in [0.25, 0.3) is 0 Å². The molecule has 1 aromatic carbocycles. The third-order valence-electron chi connectivity index (χ3n) is 4.55. The summed E-state index contributed by atoms with van der Waals surface area (Å²) in [5.41, 5.74) is 2.62. The van der Waals surface area contributed by atoms with E-state index >= 15 is 0 Å². The lowest BCUT2D eigenvalue weighted by Gasteiger charge is -2.20. The summed E-state index contributed by atoms with van der Waals surface area (Å²) in [4.78, 5) is 4.50. The van der Waals surface area contributed by atoms with Gasteiger partial charge in [-0.2, -0.15) is 0 Å². The predicted octanol–water partition coefficient (Wildman–Crippen LogP) is 4.12. The number of pyridine rings is 1. The molecule has 0 spiro atoms. The Balaban J connectivity index is 1.78. The van der Waals surface area contributed by atoms with Crippen molar-refractivity contribution >= 4 is 10.9 Å². The molecule has 1 fully saturated rings. The van der Waals surface area contributed by atoms with Crippen molar-refractivity contribution in [3.05, 3.63) is 42.1 Å². The number of nitrogens with zero attached hydrogens (tertiary/aromatic N) is 1. The van der Waals surface area contributed by atoms with Crippen molar-refractivity contribution in [3.8, 4) is 0 Å². The molecule has 0 amide bonds. The van der Waals surface area contributed by atoms with Crippen molar-refractivity contribution < 1.29 is 0 Å². The van der Waals surface area contributed by atoms with Gasteiger partial charge < -0.3 is 5.32 Å². The van der Waals surface area contributed by atoms with Crippen LogP contribution in [0.15, 0.2) is 36.5 Å². The second-order valence-corrected chi connectivity index (χ2v) is 5.96. The van der Waals surface area contributed by atoms with Crippen molar-refractivity contribution in [2.24, 2.45) is 5.92 Å². The van der Waals surface area contributed by atoms with Gasteiger partial charge in [0.2, 0.25) is 0 Å². The molecule has 1 aliphatic rings. The van der Waals surface area contributed by atoms with Crippen LogP contribution >= 0.6 is 0 Å². The van der Waals surface area contributed by atoms with Crippen LogP contribution in [0.5, 0.6) is 0 Å². The number of fused-ring (bicyclic) bond motifs is 1. The fourth-order valence-corrected chi connectivity index (χ4v) is 3.50. The summed E-state index contributed by atoms with van der Waals surface area (Å²) in [6.07, 6.45) is 7.17. The number of rotatable bonds is 5. The summed E-state index contributed by atoms with van der Waals surface area (Å²) >= 11 is 0. The monoisotopic (exact) mass is 268 g/mol. The standard InChI is InChI=1S/C18H24N2/c1-2-10-19-13-16-5-3-7-17(16)15-9-8-14-6-4-11-20-18(14)12-15/h4,6,8-9,11-12,16-17,19H,2-3,5,7,10,13H2,1H3. The zero-order valence-corrected chi connectivity index (χ0v) is 12.3. The van der Waals surface area contributed by atoms with Crippen LogP contribution in [0.2, 0.25) is 0 Å². The van der Waals surface area contributed by atoms with Crippen molar-refractivity contribution in [3.63, 3.8) is 0 Å². The second kappa shape index (κ2) is 6.36. The van der Waals surface area contributed by atoms with E-state index in [1.165, 1.54) is 43.2 Å². The van der Waals surface area contributed by atoms with Crippen LogP contribution in [0.1, 0.15) is 44.1 Å². The van der Waals surface area contributed by atoms with Crippen LogP contribution in [0.3, 0.4) is 0 Å². The molecule has 3 rings (SSSR count). The Labute approximate surface area is 121 Å². The maximum Gasteiger partial charge on any atom is 0.0704 e. The molecule has 2 unspecified atom stereocenters. The number of hydrogen-bond acceptors (Lipinski definition) is 2. The molecular weight excluding hydrogens is 244 g/mol. The predicted molar refractivity (Wildman–Crippen MR) is 85.0 cm³/mol. The Kier molecular flexibility index (Phi) is 4.31. The first-order chi connectivity index (χ1) is 9.88. The van der Waals surface area contributed by atoms with Gasteiger partial charge in [-0.15, -0.1) is 0 Å². The topological polar surface area (TPSA) is 24.9 Å². The molecule has 0 radical (unpaired) electrons. The van der Waals surface area contributed by atoms with E-state index in [4.69, 9.17) is 0 Å². The first-order valence-electron chi connectivity index (χ1n) is 7.94. The van der Waals surface area contributed by atoms with Gasteiger partial charge in [-0.3, -0.25) is 4.98 Å². The zero-order chi connectivity index (χ0) is 13.8. The van der Waals surface area contributed by atoms with E-state index in [-0.39, 0.29) is 0 Å². The molecule has 2 atom stereocenters. The van der Waals surface area contributed by atoms with Gasteiger partial charge in [0.1, 0.15) is 0 Å². The third kappa shape index (κ3) is 2.85. The molecule has 1 heterocycles. The van der Waals surface area contributed by atoms with E-state index in [1.807, 2.05) is 12.3 Å². The molecule has 20 heavy (non-hydrogen) atoms. The van der Waals surface area contributed by atoms with Gasteiger partial charge in [-0.25, -0.2) is 0 Å². The Hall–Kier alpha value is -1.41. The lowest BCUT2D eigenvalue weighted by atomic mass is 9.88. The van der Waals surface area contributed by atoms with Gasteiger partial charge in [0.05, 0.1) is 5.52 Å². The first kappa shape index (κ1) is 13.6. The number of benzene rings is 1. The van der Waals surface area contributed by atoms with Gasteiger partial charge in [-0.05, 0) is 61.9 Å². The Morgan fingerprint density at radius 3 is 3.10 bits per heavy atom. The van der Waals surface area contributed by atoms with Gasteiger partial charge in [0.15, 0.2) is 0 Å². The minimum Gasteiger partial charge on any atom is -0.316 e. The lowest BCUT2D eigenvalue weighted by molar-refractivity contribution is 0.445. The van der Waals surface area contributed by atoms with Crippen LogP contribution in [-0.2, 0) is 0 Å². The summed E-state index contributed by atoms with van der Waals surface area (Å²) in [5.74, 6) is 1.51. The molecule has 1 N–H and O–H groups in total. The normalized spacial score (nSPS) is 22.4. The van der Waals surface area contributed by atoms with Crippen molar-refractivity contribution in [2.75, 3.05) is 13.1 Å². The highest BCUT2D eigenvalue weighted by atomic mass is 14.9. The minimum atomic E-state index is 0.714. The molecule has 2 nitrogen and oxygen atoms in total. The van der Waals surface area contributed by atoms with Crippen LogP contribution in [0, 0.1) is 5.92 Å². The highest BCUT2D eigenvalue weighted by molar-refractivity contribution is 5.79. The average Bonchev–Trinajstić information content (AvgIpc) is 2.95. The van der Waals surface area contributed by atoms with Crippen LogP contribution in [0.4, 0.5) is 0 Å². The zero-order valence-electron chi connectivity index (χ0n) is 12.3. The second-order valence-electron chi connectivity index (χ2n) is 5.96. The first-order valence-corrected chi connectivity index (χ1v) is 7.94. The van der Waals surface area contributed by atoms with Gasteiger partial charge in [0, 0.05) is 11.6 Å². The quantitative estimate of drug-likeness (QED) is 0.825. The van der Waals surface area contributed by atoms with Crippen LogP contribution in [0.25, 0.3) is 10.9 Å². The molecular formula is C18H24N2. The molecule has 2 heteroatoms. The molecule has 1 aliphatic carbocycles.